The van der Waals surface area contributed by atoms with Crippen LogP contribution in [0, 0.1) is 13.8 Å². The van der Waals surface area contributed by atoms with Crippen LogP contribution >= 0.6 is 0 Å². The van der Waals surface area contributed by atoms with Gasteiger partial charge in [-0.15, -0.1) is 0 Å². The number of carbonyl (C=O) groups excluding carboxylic acids is 1. The lowest BCUT2D eigenvalue weighted by molar-refractivity contribution is 0.0727. The minimum Gasteiger partial charge on any atom is -0.376 e. The van der Waals surface area contributed by atoms with E-state index >= 15 is 0 Å². The number of rotatable bonds is 3. The molecular formula is C22H30N4O2. The van der Waals surface area contributed by atoms with Gasteiger partial charge in [0, 0.05) is 55.6 Å². The Labute approximate surface area is 167 Å². The van der Waals surface area contributed by atoms with E-state index in [2.05, 4.69) is 50.8 Å². The van der Waals surface area contributed by atoms with Crippen molar-refractivity contribution in [3.63, 3.8) is 0 Å². The summed E-state index contributed by atoms with van der Waals surface area (Å²) >= 11 is 0. The monoisotopic (exact) mass is 382 g/mol. The number of hydrogen-bond donors (Lipinski definition) is 0. The SMILES string of the molecule is Cc1cccc(N2CCN(C(=O)c3nn(C(C)C)c4c3COCC4)CC2)c1C. The Kier molecular flexibility index (Phi) is 5.15. The number of aryl methyl sites for hydroxylation is 1. The molecule has 1 aromatic heterocycles. The van der Waals surface area contributed by atoms with E-state index < -0.39 is 0 Å². The van der Waals surface area contributed by atoms with Crippen molar-refractivity contribution in [2.75, 3.05) is 37.7 Å². The molecule has 1 aromatic carbocycles. The number of aromatic nitrogens is 2. The lowest BCUT2D eigenvalue weighted by atomic mass is 10.1. The van der Waals surface area contributed by atoms with Crippen LogP contribution in [-0.4, -0.2) is 53.4 Å². The van der Waals surface area contributed by atoms with Gasteiger partial charge in [-0.1, -0.05) is 12.1 Å². The lowest BCUT2D eigenvalue weighted by Gasteiger charge is -2.37. The van der Waals surface area contributed by atoms with E-state index in [0.717, 1.165) is 38.2 Å². The molecule has 0 unspecified atom stereocenters. The van der Waals surface area contributed by atoms with Gasteiger partial charge in [-0.25, -0.2) is 0 Å². The van der Waals surface area contributed by atoms with Gasteiger partial charge in [0.2, 0.25) is 0 Å². The van der Waals surface area contributed by atoms with Crippen molar-refractivity contribution in [1.82, 2.24) is 14.7 Å². The Morgan fingerprint density at radius 2 is 1.89 bits per heavy atom. The van der Waals surface area contributed by atoms with Gasteiger partial charge in [0.15, 0.2) is 5.69 Å². The summed E-state index contributed by atoms with van der Waals surface area (Å²) in [6.07, 6.45) is 0.828. The maximum Gasteiger partial charge on any atom is 0.274 e. The maximum atomic E-state index is 13.2. The summed E-state index contributed by atoms with van der Waals surface area (Å²) in [5, 5.41) is 4.70. The molecule has 0 saturated carbocycles. The molecule has 6 nitrogen and oxygen atoms in total. The summed E-state index contributed by atoms with van der Waals surface area (Å²) in [6.45, 7) is 12.9. The molecule has 3 heterocycles. The van der Waals surface area contributed by atoms with Gasteiger partial charge in [0.05, 0.1) is 13.2 Å². The summed E-state index contributed by atoms with van der Waals surface area (Å²) in [5.74, 6) is 0.0433. The zero-order chi connectivity index (χ0) is 19.8. The first kappa shape index (κ1) is 19.0. The standard InChI is InChI=1S/C22H30N4O2/c1-15(2)26-20-8-13-28-14-18(20)21(23-26)22(27)25-11-9-24(10-12-25)19-7-5-6-16(3)17(19)4/h5-7,15H,8-14H2,1-4H3. The molecule has 28 heavy (non-hydrogen) atoms. The van der Waals surface area contributed by atoms with Crippen molar-refractivity contribution >= 4 is 11.6 Å². The van der Waals surface area contributed by atoms with Gasteiger partial charge in [-0.05, 0) is 44.9 Å². The van der Waals surface area contributed by atoms with Crippen LogP contribution in [0.3, 0.4) is 0 Å². The van der Waals surface area contributed by atoms with Gasteiger partial charge in [0.25, 0.3) is 5.91 Å². The van der Waals surface area contributed by atoms with E-state index in [1.807, 2.05) is 9.58 Å². The normalized spacial score (nSPS) is 17.2. The highest BCUT2D eigenvalue weighted by Gasteiger charge is 2.31. The van der Waals surface area contributed by atoms with Crippen LogP contribution in [0.25, 0.3) is 0 Å². The van der Waals surface area contributed by atoms with E-state index in [-0.39, 0.29) is 11.9 Å². The maximum absolute atomic E-state index is 13.2. The summed E-state index contributed by atoms with van der Waals surface area (Å²) in [6, 6.07) is 6.68. The van der Waals surface area contributed by atoms with Crippen LogP contribution in [0.1, 0.15) is 52.8 Å². The molecular weight excluding hydrogens is 352 g/mol. The largest absolute Gasteiger partial charge is 0.376 e. The lowest BCUT2D eigenvalue weighted by Crippen LogP contribution is -2.49. The molecule has 0 aliphatic carbocycles. The van der Waals surface area contributed by atoms with Crippen LogP contribution in [0.2, 0.25) is 0 Å². The van der Waals surface area contributed by atoms with Crippen molar-refractivity contribution in [2.24, 2.45) is 0 Å². The molecule has 2 aromatic rings. The topological polar surface area (TPSA) is 50.6 Å². The minimum atomic E-state index is 0.0433. The summed E-state index contributed by atoms with van der Waals surface area (Å²) in [5.41, 5.74) is 6.65. The number of fused-ring (bicyclic) bond motifs is 1. The molecule has 0 radical (unpaired) electrons. The Morgan fingerprint density at radius 1 is 1.14 bits per heavy atom. The van der Waals surface area contributed by atoms with E-state index in [9.17, 15) is 4.79 Å². The molecule has 0 atom stereocenters. The third-order valence-electron chi connectivity index (χ3n) is 6.02. The predicted molar refractivity (Wildman–Crippen MR) is 110 cm³/mol. The molecule has 1 fully saturated rings. The molecule has 4 rings (SSSR count). The number of anilines is 1. The van der Waals surface area contributed by atoms with E-state index in [4.69, 9.17) is 9.84 Å². The fraction of sp³-hybridized carbons (Fsp3) is 0.545. The predicted octanol–water partition coefficient (Wildman–Crippen LogP) is 3.12. The van der Waals surface area contributed by atoms with Gasteiger partial charge >= 0.3 is 0 Å². The molecule has 6 heteroatoms. The van der Waals surface area contributed by atoms with Gasteiger partial charge in [-0.2, -0.15) is 5.10 Å². The first-order valence-corrected chi connectivity index (χ1v) is 10.3. The fourth-order valence-corrected chi connectivity index (χ4v) is 4.24. The summed E-state index contributed by atoms with van der Waals surface area (Å²) in [7, 11) is 0. The highest BCUT2D eigenvalue weighted by Crippen LogP contribution is 2.27. The van der Waals surface area contributed by atoms with Crippen LogP contribution in [0.15, 0.2) is 18.2 Å². The second-order valence-electron chi connectivity index (χ2n) is 8.11. The first-order valence-electron chi connectivity index (χ1n) is 10.3. The highest BCUT2D eigenvalue weighted by atomic mass is 16.5. The minimum absolute atomic E-state index is 0.0433. The van der Waals surface area contributed by atoms with Crippen LogP contribution in [0.5, 0.6) is 0 Å². The average molecular weight is 383 g/mol. The second kappa shape index (κ2) is 7.59. The van der Waals surface area contributed by atoms with Crippen LogP contribution in [0.4, 0.5) is 5.69 Å². The first-order chi connectivity index (χ1) is 13.5. The van der Waals surface area contributed by atoms with Gasteiger partial charge < -0.3 is 14.5 Å². The number of nitrogens with zero attached hydrogens (tertiary/aromatic N) is 4. The molecule has 1 saturated heterocycles. The third kappa shape index (κ3) is 3.30. The fourth-order valence-electron chi connectivity index (χ4n) is 4.24. The van der Waals surface area contributed by atoms with Crippen molar-refractivity contribution in [3.05, 3.63) is 46.3 Å². The van der Waals surface area contributed by atoms with Crippen molar-refractivity contribution in [2.45, 2.75) is 46.8 Å². The number of amides is 1. The number of piperazine rings is 1. The van der Waals surface area contributed by atoms with Crippen molar-refractivity contribution in [3.8, 4) is 0 Å². The molecule has 1 amide bonds. The Bertz CT molecular complexity index is 879. The van der Waals surface area contributed by atoms with E-state index in [0.29, 0.717) is 18.9 Å². The van der Waals surface area contributed by atoms with Crippen molar-refractivity contribution in [1.29, 1.82) is 0 Å². The second-order valence-corrected chi connectivity index (χ2v) is 8.11. The number of benzene rings is 1. The van der Waals surface area contributed by atoms with Crippen molar-refractivity contribution < 1.29 is 9.53 Å². The molecule has 0 spiro atoms. The number of carbonyl (C=O) groups is 1. The average Bonchev–Trinajstić information content (AvgIpc) is 3.10. The van der Waals surface area contributed by atoms with Crippen LogP contribution < -0.4 is 4.90 Å². The van der Waals surface area contributed by atoms with Crippen LogP contribution in [-0.2, 0) is 17.8 Å². The Balaban J connectivity index is 1.51. The summed E-state index contributed by atoms with van der Waals surface area (Å²) in [4.78, 5) is 17.6. The Hall–Kier alpha value is -2.34. The quantitative estimate of drug-likeness (QED) is 0.818. The van der Waals surface area contributed by atoms with Gasteiger partial charge in [0.1, 0.15) is 0 Å². The van der Waals surface area contributed by atoms with E-state index in [1.165, 1.54) is 22.5 Å². The zero-order valence-corrected chi connectivity index (χ0v) is 17.4. The highest BCUT2D eigenvalue weighted by molar-refractivity contribution is 5.94. The smallest absolute Gasteiger partial charge is 0.274 e. The zero-order valence-electron chi connectivity index (χ0n) is 17.4. The van der Waals surface area contributed by atoms with E-state index in [1.54, 1.807) is 0 Å². The molecule has 150 valence electrons. The molecule has 0 N–H and O–H groups in total. The molecule has 2 aliphatic rings. The molecule has 2 aliphatic heterocycles. The summed E-state index contributed by atoms with van der Waals surface area (Å²) < 4.78 is 7.65. The third-order valence-corrected chi connectivity index (χ3v) is 6.02. The van der Waals surface area contributed by atoms with Gasteiger partial charge in [-0.3, -0.25) is 9.48 Å². The molecule has 0 bridgehead atoms. The Morgan fingerprint density at radius 3 is 2.61 bits per heavy atom. The number of hydrogen-bond acceptors (Lipinski definition) is 4. The number of ether oxygens (including phenoxy) is 1.